The second-order valence-corrected chi connectivity index (χ2v) is 7.25. The SMILES string of the molecule is O=C(NO)c1ccc(Cn2ccc(C3(c4ccc(F)cc4)COCCO3)cc2=O)cc1. The van der Waals surface area contributed by atoms with Crippen LogP contribution in [0.25, 0.3) is 0 Å². The number of hydrogen-bond donors (Lipinski definition) is 2. The monoisotopic (exact) mass is 424 g/mol. The van der Waals surface area contributed by atoms with Crippen molar-refractivity contribution < 1.29 is 23.9 Å². The summed E-state index contributed by atoms with van der Waals surface area (Å²) < 4.78 is 26.7. The van der Waals surface area contributed by atoms with Gasteiger partial charge >= 0.3 is 0 Å². The summed E-state index contributed by atoms with van der Waals surface area (Å²) in [4.78, 5) is 24.3. The van der Waals surface area contributed by atoms with Gasteiger partial charge in [0.05, 0.1) is 26.4 Å². The molecule has 1 aromatic heterocycles. The van der Waals surface area contributed by atoms with E-state index in [0.29, 0.717) is 36.4 Å². The normalized spacial score (nSPS) is 18.5. The predicted molar refractivity (Wildman–Crippen MR) is 109 cm³/mol. The summed E-state index contributed by atoms with van der Waals surface area (Å²) in [6.45, 7) is 1.33. The summed E-state index contributed by atoms with van der Waals surface area (Å²) in [6, 6.07) is 15.9. The van der Waals surface area contributed by atoms with Crippen molar-refractivity contribution in [1.29, 1.82) is 0 Å². The largest absolute Gasteiger partial charge is 0.375 e. The van der Waals surface area contributed by atoms with Crippen LogP contribution in [-0.2, 0) is 21.6 Å². The van der Waals surface area contributed by atoms with Gasteiger partial charge in [0.2, 0.25) is 0 Å². The van der Waals surface area contributed by atoms with Crippen molar-refractivity contribution in [3.63, 3.8) is 0 Å². The smallest absolute Gasteiger partial charge is 0.274 e. The molecule has 4 rings (SSSR count). The van der Waals surface area contributed by atoms with E-state index < -0.39 is 11.5 Å². The standard InChI is InChI=1S/C23H21FN2O5/c24-20-7-5-18(6-8-20)23(15-30-11-12-31-23)19-9-10-26(21(27)13-19)14-16-1-3-17(4-2-16)22(28)25-29/h1-10,13,29H,11-12,14-15H2,(H,25,28). The number of halogens is 1. The Balaban J connectivity index is 1.63. The maximum absolute atomic E-state index is 13.4. The number of pyridine rings is 1. The fourth-order valence-corrected chi connectivity index (χ4v) is 3.66. The van der Waals surface area contributed by atoms with Gasteiger partial charge in [-0.3, -0.25) is 14.8 Å². The number of nitrogens with one attached hydrogen (secondary N) is 1. The third-order valence-electron chi connectivity index (χ3n) is 5.32. The Morgan fingerprint density at radius 1 is 1.06 bits per heavy atom. The van der Waals surface area contributed by atoms with Gasteiger partial charge in [0.1, 0.15) is 11.4 Å². The van der Waals surface area contributed by atoms with Crippen LogP contribution in [0.3, 0.4) is 0 Å². The highest BCUT2D eigenvalue weighted by molar-refractivity contribution is 5.93. The molecule has 0 bridgehead atoms. The topological polar surface area (TPSA) is 89.8 Å². The molecule has 2 heterocycles. The van der Waals surface area contributed by atoms with E-state index >= 15 is 0 Å². The van der Waals surface area contributed by atoms with Crippen molar-refractivity contribution in [3.8, 4) is 0 Å². The lowest BCUT2D eigenvalue weighted by Crippen LogP contribution is -2.42. The van der Waals surface area contributed by atoms with Gasteiger partial charge in [-0.15, -0.1) is 0 Å². The lowest BCUT2D eigenvalue weighted by Gasteiger charge is -2.38. The molecular weight excluding hydrogens is 403 g/mol. The van der Waals surface area contributed by atoms with E-state index in [2.05, 4.69) is 0 Å². The Labute approximate surface area is 177 Å². The molecule has 1 fully saturated rings. The number of carbonyl (C=O) groups is 1. The van der Waals surface area contributed by atoms with E-state index in [1.807, 2.05) is 0 Å². The number of carbonyl (C=O) groups excluding carboxylic acids is 1. The molecule has 0 aliphatic carbocycles. The highest BCUT2D eigenvalue weighted by atomic mass is 19.1. The average molecular weight is 424 g/mol. The summed E-state index contributed by atoms with van der Waals surface area (Å²) in [7, 11) is 0. The lowest BCUT2D eigenvalue weighted by atomic mass is 9.86. The molecule has 0 radical (unpaired) electrons. The van der Waals surface area contributed by atoms with Crippen LogP contribution in [0.15, 0.2) is 71.7 Å². The number of benzene rings is 2. The van der Waals surface area contributed by atoms with Crippen molar-refractivity contribution in [1.82, 2.24) is 10.0 Å². The summed E-state index contributed by atoms with van der Waals surface area (Å²) >= 11 is 0. The highest BCUT2D eigenvalue weighted by Crippen LogP contribution is 2.35. The Bertz CT molecular complexity index is 1120. The fourth-order valence-electron chi connectivity index (χ4n) is 3.66. The first-order chi connectivity index (χ1) is 15.0. The van der Waals surface area contributed by atoms with Crippen molar-refractivity contribution in [2.45, 2.75) is 12.1 Å². The summed E-state index contributed by atoms with van der Waals surface area (Å²) in [5.41, 5.74) is 2.84. The van der Waals surface area contributed by atoms with Crippen LogP contribution in [0.1, 0.15) is 27.0 Å². The van der Waals surface area contributed by atoms with Gasteiger partial charge in [-0.2, -0.15) is 0 Å². The molecule has 1 amide bonds. The Morgan fingerprint density at radius 3 is 2.42 bits per heavy atom. The first-order valence-electron chi connectivity index (χ1n) is 9.74. The zero-order chi connectivity index (χ0) is 21.8. The predicted octanol–water partition coefficient (Wildman–Crippen LogP) is 2.45. The van der Waals surface area contributed by atoms with Gasteiger partial charge in [0, 0.05) is 17.8 Å². The van der Waals surface area contributed by atoms with Crippen LogP contribution < -0.4 is 11.0 Å². The van der Waals surface area contributed by atoms with E-state index in [1.165, 1.54) is 22.8 Å². The minimum absolute atomic E-state index is 0.219. The minimum Gasteiger partial charge on any atom is -0.375 e. The molecule has 0 saturated carbocycles. The zero-order valence-corrected chi connectivity index (χ0v) is 16.6. The molecule has 3 aromatic rings. The summed E-state index contributed by atoms with van der Waals surface area (Å²) in [5.74, 6) is -0.956. The van der Waals surface area contributed by atoms with E-state index in [9.17, 15) is 14.0 Å². The molecule has 31 heavy (non-hydrogen) atoms. The van der Waals surface area contributed by atoms with E-state index in [0.717, 1.165) is 5.56 Å². The first kappa shape index (κ1) is 20.9. The minimum atomic E-state index is -0.983. The van der Waals surface area contributed by atoms with Crippen molar-refractivity contribution in [2.75, 3.05) is 19.8 Å². The number of hydroxylamine groups is 1. The summed E-state index contributed by atoms with van der Waals surface area (Å²) in [5, 5.41) is 8.70. The molecule has 0 spiro atoms. The molecule has 1 unspecified atom stereocenters. The molecule has 2 aromatic carbocycles. The molecule has 8 heteroatoms. The van der Waals surface area contributed by atoms with Gasteiger partial charge in [-0.25, -0.2) is 9.87 Å². The Hall–Kier alpha value is -3.33. The van der Waals surface area contributed by atoms with Gasteiger partial charge in [-0.05, 0) is 47.0 Å². The highest BCUT2D eigenvalue weighted by Gasteiger charge is 2.38. The molecule has 160 valence electrons. The molecule has 1 atom stereocenters. The number of nitrogens with zero attached hydrogens (tertiary/aromatic N) is 1. The number of amides is 1. The Kier molecular flexibility index (Phi) is 5.94. The van der Waals surface area contributed by atoms with Crippen LogP contribution in [0.5, 0.6) is 0 Å². The van der Waals surface area contributed by atoms with Crippen molar-refractivity contribution in [2.24, 2.45) is 0 Å². The maximum Gasteiger partial charge on any atom is 0.274 e. The number of aromatic nitrogens is 1. The molecule has 1 aliphatic heterocycles. The number of rotatable bonds is 5. The van der Waals surface area contributed by atoms with Crippen LogP contribution in [-0.4, -0.2) is 35.5 Å². The first-order valence-corrected chi connectivity index (χ1v) is 9.74. The lowest BCUT2D eigenvalue weighted by molar-refractivity contribution is -0.140. The van der Waals surface area contributed by atoms with Crippen molar-refractivity contribution in [3.05, 3.63) is 105 Å². The van der Waals surface area contributed by atoms with Gasteiger partial charge in [0.15, 0.2) is 0 Å². The fraction of sp³-hybridized carbons (Fsp3) is 0.217. The van der Waals surface area contributed by atoms with Crippen LogP contribution in [0, 0.1) is 5.82 Å². The third kappa shape index (κ3) is 4.27. The van der Waals surface area contributed by atoms with Gasteiger partial charge in [-0.1, -0.05) is 24.3 Å². The second kappa shape index (κ2) is 8.81. The Morgan fingerprint density at radius 2 is 1.81 bits per heavy atom. The average Bonchev–Trinajstić information content (AvgIpc) is 2.81. The molecule has 1 aliphatic rings. The van der Waals surface area contributed by atoms with Crippen LogP contribution in [0.4, 0.5) is 4.39 Å². The number of hydrogen-bond acceptors (Lipinski definition) is 5. The maximum atomic E-state index is 13.4. The number of ether oxygens (including phenoxy) is 2. The molecule has 1 saturated heterocycles. The van der Waals surface area contributed by atoms with Gasteiger partial charge in [0.25, 0.3) is 11.5 Å². The molecule has 7 nitrogen and oxygen atoms in total. The van der Waals surface area contributed by atoms with Crippen LogP contribution >= 0.6 is 0 Å². The quantitative estimate of drug-likeness (QED) is 0.485. The molecular formula is C23H21FN2O5. The van der Waals surface area contributed by atoms with Gasteiger partial charge < -0.3 is 14.0 Å². The van der Waals surface area contributed by atoms with E-state index in [-0.39, 0.29) is 18.0 Å². The van der Waals surface area contributed by atoms with E-state index in [1.54, 1.807) is 54.1 Å². The summed E-state index contributed by atoms with van der Waals surface area (Å²) in [6.07, 6.45) is 1.68. The van der Waals surface area contributed by atoms with Crippen molar-refractivity contribution >= 4 is 5.91 Å². The second-order valence-electron chi connectivity index (χ2n) is 7.25. The van der Waals surface area contributed by atoms with Crippen LogP contribution in [0.2, 0.25) is 0 Å². The third-order valence-corrected chi connectivity index (χ3v) is 5.32. The van der Waals surface area contributed by atoms with E-state index in [4.69, 9.17) is 14.7 Å². The zero-order valence-electron chi connectivity index (χ0n) is 16.6. The molecule has 2 N–H and O–H groups in total.